The molecule has 0 bridgehead atoms. The van der Waals surface area contributed by atoms with E-state index in [1.807, 2.05) is 0 Å². The second-order valence-electron chi connectivity index (χ2n) is 6.50. The molecular formula is C15H27N3O2S. The summed E-state index contributed by atoms with van der Waals surface area (Å²) in [6.45, 7) is 11.0. The molecule has 0 amide bonds. The molecule has 0 unspecified atom stereocenters. The Morgan fingerprint density at radius 2 is 1.90 bits per heavy atom. The summed E-state index contributed by atoms with van der Waals surface area (Å²) in [7, 11) is -1.31. The molecule has 0 aliphatic carbocycles. The normalized spacial score (nSPS) is 13.0. The molecule has 0 saturated heterocycles. The first-order valence-electron chi connectivity index (χ1n) is 7.20. The quantitative estimate of drug-likeness (QED) is 0.874. The van der Waals surface area contributed by atoms with Crippen molar-refractivity contribution >= 4 is 15.5 Å². The van der Waals surface area contributed by atoms with Crippen molar-refractivity contribution in [3.05, 3.63) is 18.3 Å². The highest BCUT2D eigenvalue weighted by Crippen LogP contribution is 2.23. The maximum atomic E-state index is 12.3. The summed E-state index contributed by atoms with van der Waals surface area (Å²) in [5.74, 6) is 0. The van der Waals surface area contributed by atoms with Crippen LogP contribution in [0.5, 0.6) is 0 Å². The maximum Gasteiger partial charge on any atom is 0.200 e. The highest BCUT2D eigenvalue weighted by Gasteiger charge is 2.31. The zero-order valence-corrected chi connectivity index (χ0v) is 14.7. The molecule has 21 heavy (non-hydrogen) atoms. The molecule has 0 aliphatic heterocycles. The van der Waals surface area contributed by atoms with Gasteiger partial charge < -0.3 is 10.2 Å². The first-order valence-corrected chi connectivity index (χ1v) is 8.69. The Morgan fingerprint density at radius 3 is 2.33 bits per heavy atom. The van der Waals surface area contributed by atoms with Crippen LogP contribution in [0.1, 0.15) is 34.6 Å². The molecule has 1 heterocycles. The lowest BCUT2D eigenvalue weighted by Gasteiger charge is -2.21. The summed E-state index contributed by atoms with van der Waals surface area (Å²) in [5.41, 5.74) is 0.833. The maximum absolute atomic E-state index is 12.3. The van der Waals surface area contributed by atoms with Crippen molar-refractivity contribution in [1.29, 1.82) is 0 Å². The number of anilines is 1. The molecule has 0 fully saturated rings. The number of nitrogens with zero attached hydrogens (tertiary/aromatic N) is 2. The van der Waals surface area contributed by atoms with E-state index in [1.165, 1.54) is 0 Å². The van der Waals surface area contributed by atoms with Crippen LogP contribution in [0, 0.1) is 0 Å². The van der Waals surface area contributed by atoms with Crippen molar-refractivity contribution in [3.8, 4) is 0 Å². The Bertz CT molecular complexity index is 545. The van der Waals surface area contributed by atoms with Gasteiger partial charge >= 0.3 is 0 Å². The molecule has 0 saturated carbocycles. The van der Waals surface area contributed by atoms with E-state index in [2.05, 4.69) is 36.1 Å². The molecule has 1 N–H and O–H groups in total. The fourth-order valence-electron chi connectivity index (χ4n) is 1.59. The predicted octanol–water partition coefficient (Wildman–Crippen LogP) is 2.41. The topological polar surface area (TPSA) is 62.3 Å². The van der Waals surface area contributed by atoms with E-state index in [0.717, 1.165) is 18.8 Å². The minimum atomic E-state index is -3.39. The zero-order chi connectivity index (χ0) is 16.3. The summed E-state index contributed by atoms with van der Waals surface area (Å²) < 4.78 is 23.7. The number of pyridine rings is 1. The highest BCUT2D eigenvalue weighted by atomic mass is 32.2. The summed E-state index contributed by atoms with van der Waals surface area (Å²) in [6.07, 6.45) is 1.58. The van der Waals surface area contributed by atoms with E-state index < -0.39 is 14.6 Å². The third-order valence-electron chi connectivity index (χ3n) is 3.49. The average Bonchev–Trinajstić information content (AvgIpc) is 2.37. The van der Waals surface area contributed by atoms with E-state index in [4.69, 9.17) is 0 Å². The van der Waals surface area contributed by atoms with Gasteiger partial charge in [-0.05, 0) is 53.8 Å². The molecule has 5 nitrogen and oxygen atoms in total. The van der Waals surface area contributed by atoms with Crippen LogP contribution in [-0.2, 0) is 9.84 Å². The van der Waals surface area contributed by atoms with Gasteiger partial charge in [-0.1, -0.05) is 0 Å². The van der Waals surface area contributed by atoms with Crippen molar-refractivity contribution in [2.24, 2.45) is 0 Å². The van der Waals surface area contributed by atoms with Gasteiger partial charge in [-0.3, -0.25) is 0 Å². The van der Waals surface area contributed by atoms with Crippen LogP contribution in [0.15, 0.2) is 23.4 Å². The monoisotopic (exact) mass is 313 g/mol. The Morgan fingerprint density at radius 1 is 1.29 bits per heavy atom. The molecule has 0 aromatic carbocycles. The molecule has 1 aromatic heterocycles. The summed E-state index contributed by atoms with van der Waals surface area (Å²) in [6, 6.07) is 3.83. The van der Waals surface area contributed by atoms with Gasteiger partial charge in [0.05, 0.1) is 16.6 Å². The standard InChI is InChI=1S/C15H27N3O2S/c1-12(2)18(6)10-9-16-13-7-8-14(17-11-13)21(19,20)15(3,4)5/h7-8,11-12,16H,9-10H2,1-6H3. The van der Waals surface area contributed by atoms with Gasteiger partial charge in [-0.15, -0.1) is 0 Å². The lowest BCUT2D eigenvalue weighted by Crippen LogP contribution is -2.31. The van der Waals surface area contributed by atoms with Gasteiger partial charge in [-0.25, -0.2) is 13.4 Å². The van der Waals surface area contributed by atoms with Crippen LogP contribution in [0.2, 0.25) is 0 Å². The van der Waals surface area contributed by atoms with Crippen LogP contribution in [-0.4, -0.2) is 49.2 Å². The van der Waals surface area contributed by atoms with Gasteiger partial charge in [0.1, 0.15) is 0 Å². The summed E-state index contributed by atoms with van der Waals surface area (Å²) >= 11 is 0. The summed E-state index contributed by atoms with van der Waals surface area (Å²) in [5, 5.41) is 3.37. The second-order valence-corrected chi connectivity index (χ2v) is 9.15. The van der Waals surface area contributed by atoms with Crippen LogP contribution in [0.4, 0.5) is 5.69 Å². The van der Waals surface area contributed by atoms with Gasteiger partial charge in [0, 0.05) is 19.1 Å². The minimum absolute atomic E-state index is 0.125. The number of hydrogen-bond donors (Lipinski definition) is 1. The molecule has 1 rings (SSSR count). The molecule has 0 radical (unpaired) electrons. The third kappa shape index (κ3) is 4.68. The minimum Gasteiger partial charge on any atom is -0.383 e. The molecule has 120 valence electrons. The number of sulfone groups is 1. The lowest BCUT2D eigenvalue weighted by molar-refractivity contribution is 0.284. The highest BCUT2D eigenvalue weighted by molar-refractivity contribution is 7.92. The number of rotatable bonds is 6. The largest absolute Gasteiger partial charge is 0.383 e. The van der Waals surface area contributed by atoms with Gasteiger partial charge in [-0.2, -0.15) is 0 Å². The number of aromatic nitrogens is 1. The Kier molecular flexibility index (Phi) is 5.75. The van der Waals surface area contributed by atoms with E-state index >= 15 is 0 Å². The number of hydrogen-bond acceptors (Lipinski definition) is 5. The Labute approximate surface area is 128 Å². The Balaban J connectivity index is 2.68. The van der Waals surface area contributed by atoms with Crippen LogP contribution in [0.25, 0.3) is 0 Å². The van der Waals surface area contributed by atoms with E-state index in [1.54, 1.807) is 39.1 Å². The van der Waals surface area contributed by atoms with Crippen molar-refractivity contribution in [2.45, 2.75) is 50.4 Å². The van der Waals surface area contributed by atoms with E-state index in [-0.39, 0.29) is 5.03 Å². The molecular weight excluding hydrogens is 286 g/mol. The Hall–Kier alpha value is -1.14. The van der Waals surface area contributed by atoms with Crippen LogP contribution >= 0.6 is 0 Å². The average molecular weight is 313 g/mol. The van der Waals surface area contributed by atoms with Crippen LogP contribution < -0.4 is 5.32 Å². The fourth-order valence-corrected chi connectivity index (χ4v) is 2.66. The molecule has 6 heteroatoms. The van der Waals surface area contributed by atoms with Gasteiger partial charge in [0.2, 0.25) is 0 Å². The first-order chi connectivity index (χ1) is 9.55. The first kappa shape index (κ1) is 17.9. The number of nitrogens with one attached hydrogen (secondary N) is 1. The van der Waals surface area contributed by atoms with Crippen LogP contribution in [0.3, 0.4) is 0 Å². The molecule has 0 spiro atoms. The van der Waals surface area contributed by atoms with Crippen molar-refractivity contribution < 1.29 is 8.42 Å². The van der Waals surface area contributed by atoms with Gasteiger partial charge in [0.25, 0.3) is 0 Å². The molecule has 0 aliphatic rings. The van der Waals surface area contributed by atoms with E-state index in [0.29, 0.717) is 6.04 Å². The zero-order valence-electron chi connectivity index (χ0n) is 13.8. The molecule has 0 atom stereocenters. The van der Waals surface area contributed by atoms with Crippen molar-refractivity contribution in [1.82, 2.24) is 9.88 Å². The third-order valence-corrected chi connectivity index (χ3v) is 5.90. The molecule has 1 aromatic rings. The van der Waals surface area contributed by atoms with Gasteiger partial charge in [0.15, 0.2) is 14.9 Å². The second kappa shape index (κ2) is 6.75. The SMILES string of the molecule is CC(C)N(C)CCNc1ccc(S(=O)(=O)C(C)(C)C)nc1. The number of likely N-dealkylation sites (N-methyl/N-ethyl adjacent to an activating group) is 1. The summed E-state index contributed by atoms with van der Waals surface area (Å²) in [4.78, 5) is 6.32. The fraction of sp³-hybridized carbons (Fsp3) is 0.667. The lowest BCUT2D eigenvalue weighted by atomic mass is 10.3. The van der Waals surface area contributed by atoms with Crippen molar-refractivity contribution in [2.75, 3.05) is 25.5 Å². The predicted molar refractivity (Wildman–Crippen MR) is 87.4 cm³/mol. The van der Waals surface area contributed by atoms with Crippen molar-refractivity contribution in [3.63, 3.8) is 0 Å². The smallest absolute Gasteiger partial charge is 0.200 e. The van der Waals surface area contributed by atoms with E-state index in [9.17, 15) is 8.42 Å².